The van der Waals surface area contributed by atoms with Crippen LogP contribution in [0.2, 0.25) is 0 Å². The molecule has 0 bridgehead atoms. The van der Waals surface area contributed by atoms with Gasteiger partial charge in [-0.3, -0.25) is 4.79 Å². The monoisotopic (exact) mass is 480 g/mol. The second-order valence-corrected chi connectivity index (χ2v) is 9.81. The molecule has 7 nitrogen and oxygen atoms in total. The summed E-state index contributed by atoms with van der Waals surface area (Å²) in [5.74, 6) is 0.909. The highest BCUT2D eigenvalue weighted by molar-refractivity contribution is 6.64. The van der Waals surface area contributed by atoms with Crippen LogP contribution in [-0.2, 0) is 31.9 Å². The summed E-state index contributed by atoms with van der Waals surface area (Å²) in [6.07, 6.45) is 1.86. The third-order valence-corrected chi connectivity index (χ3v) is 6.77. The standard InChI is InChI=1S/C27H33BO7/c1-8-31-24(29)13-19-9-10-20(30-7)14-23(19)32-16-18-11-21-17(2)15-33-25(21)22(12-18)28-34-26(3,4)27(5,6)35-28/h9-12,14-15H,8,13,16H2,1-7H3. The lowest BCUT2D eigenvalue weighted by Gasteiger charge is -2.32. The molecule has 2 heterocycles. The summed E-state index contributed by atoms with van der Waals surface area (Å²) in [5.41, 5.74) is 3.30. The molecule has 0 radical (unpaired) electrons. The Bertz CT molecular complexity index is 1210. The minimum Gasteiger partial charge on any atom is -0.497 e. The van der Waals surface area contributed by atoms with Crippen molar-refractivity contribution in [3.05, 3.63) is 53.3 Å². The van der Waals surface area contributed by atoms with E-state index in [0.29, 0.717) is 18.1 Å². The van der Waals surface area contributed by atoms with E-state index in [1.54, 1.807) is 32.4 Å². The van der Waals surface area contributed by atoms with Crippen molar-refractivity contribution in [1.29, 1.82) is 0 Å². The average Bonchev–Trinajstić information content (AvgIpc) is 3.27. The van der Waals surface area contributed by atoms with E-state index >= 15 is 0 Å². The van der Waals surface area contributed by atoms with Gasteiger partial charge in [0.25, 0.3) is 0 Å². The Morgan fingerprint density at radius 3 is 2.43 bits per heavy atom. The number of carbonyl (C=O) groups is 1. The van der Waals surface area contributed by atoms with Gasteiger partial charge in [-0.2, -0.15) is 0 Å². The first-order chi connectivity index (χ1) is 16.5. The molecule has 8 heteroatoms. The van der Waals surface area contributed by atoms with E-state index in [2.05, 4.69) is 0 Å². The zero-order valence-corrected chi connectivity index (χ0v) is 21.5. The van der Waals surface area contributed by atoms with Crippen LogP contribution in [0.4, 0.5) is 0 Å². The number of furan rings is 1. The van der Waals surface area contributed by atoms with Gasteiger partial charge in [-0.15, -0.1) is 0 Å². The number of hydrogen-bond acceptors (Lipinski definition) is 7. The van der Waals surface area contributed by atoms with Crippen molar-refractivity contribution >= 4 is 29.5 Å². The second-order valence-electron chi connectivity index (χ2n) is 9.81. The zero-order valence-electron chi connectivity index (χ0n) is 21.5. The van der Waals surface area contributed by atoms with Gasteiger partial charge in [0.1, 0.15) is 23.7 Å². The van der Waals surface area contributed by atoms with Crippen molar-refractivity contribution in [3.63, 3.8) is 0 Å². The van der Waals surface area contributed by atoms with Crippen molar-refractivity contribution in [1.82, 2.24) is 0 Å². The van der Waals surface area contributed by atoms with E-state index in [1.165, 1.54) is 0 Å². The zero-order chi connectivity index (χ0) is 25.4. The van der Waals surface area contributed by atoms with Gasteiger partial charge in [-0.25, -0.2) is 0 Å². The molecule has 0 amide bonds. The van der Waals surface area contributed by atoms with Crippen LogP contribution in [0, 0.1) is 6.92 Å². The third-order valence-electron chi connectivity index (χ3n) is 6.77. The molecule has 0 unspecified atom stereocenters. The number of hydrogen-bond donors (Lipinski definition) is 0. The minimum atomic E-state index is -0.566. The van der Waals surface area contributed by atoms with Gasteiger partial charge in [0.05, 0.1) is 37.6 Å². The number of fused-ring (bicyclic) bond motifs is 1. The maximum absolute atomic E-state index is 12.1. The van der Waals surface area contributed by atoms with Gasteiger partial charge in [-0.1, -0.05) is 12.1 Å². The largest absolute Gasteiger partial charge is 0.498 e. The molecule has 3 aromatic rings. The number of rotatable bonds is 8. The SMILES string of the molecule is CCOC(=O)Cc1ccc(OC)cc1OCc1cc(B2OC(C)(C)C(C)(C)O2)c2occ(C)c2c1. The summed E-state index contributed by atoms with van der Waals surface area (Å²) in [6.45, 7) is 12.5. The van der Waals surface area contributed by atoms with Gasteiger partial charge in [0.2, 0.25) is 0 Å². The van der Waals surface area contributed by atoms with E-state index in [-0.39, 0.29) is 19.0 Å². The predicted octanol–water partition coefficient (Wildman–Crippen LogP) is 4.73. The molecule has 0 N–H and O–H groups in total. The summed E-state index contributed by atoms with van der Waals surface area (Å²) in [5, 5.41) is 0.980. The van der Waals surface area contributed by atoms with Gasteiger partial charge >= 0.3 is 13.1 Å². The van der Waals surface area contributed by atoms with Gasteiger partial charge < -0.3 is 27.9 Å². The first kappa shape index (κ1) is 25.1. The molecule has 0 atom stereocenters. The van der Waals surface area contributed by atoms with Crippen LogP contribution in [0.3, 0.4) is 0 Å². The van der Waals surface area contributed by atoms with Crippen LogP contribution in [0.5, 0.6) is 11.5 Å². The van der Waals surface area contributed by atoms with Crippen molar-refractivity contribution < 1.29 is 32.7 Å². The molecule has 1 aliphatic heterocycles. The highest BCUT2D eigenvalue weighted by atomic mass is 16.7. The molecule has 0 spiro atoms. The van der Waals surface area contributed by atoms with Crippen molar-refractivity contribution in [2.24, 2.45) is 0 Å². The molecule has 1 fully saturated rings. The molecule has 2 aromatic carbocycles. The Hall–Kier alpha value is -2.97. The Labute approximate surface area is 206 Å². The maximum Gasteiger partial charge on any atom is 0.498 e. The maximum atomic E-state index is 12.1. The quantitative estimate of drug-likeness (QED) is 0.341. The normalized spacial score (nSPS) is 16.5. The molecule has 35 heavy (non-hydrogen) atoms. The number of benzene rings is 2. The van der Waals surface area contributed by atoms with E-state index < -0.39 is 18.3 Å². The van der Waals surface area contributed by atoms with Crippen LogP contribution >= 0.6 is 0 Å². The van der Waals surface area contributed by atoms with E-state index in [4.69, 9.17) is 27.9 Å². The Morgan fingerprint density at radius 2 is 1.77 bits per heavy atom. The first-order valence-electron chi connectivity index (χ1n) is 11.9. The smallest absolute Gasteiger partial charge is 0.497 e. The fourth-order valence-electron chi connectivity index (χ4n) is 4.05. The Morgan fingerprint density at radius 1 is 1.06 bits per heavy atom. The summed E-state index contributed by atoms with van der Waals surface area (Å²) >= 11 is 0. The average molecular weight is 480 g/mol. The molecule has 0 saturated carbocycles. The summed E-state index contributed by atoms with van der Waals surface area (Å²) in [7, 11) is 1.03. The van der Waals surface area contributed by atoms with E-state index in [1.807, 2.05) is 52.8 Å². The molecule has 4 rings (SSSR count). The van der Waals surface area contributed by atoms with Crippen LogP contribution in [-0.4, -0.2) is 38.0 Å². The van der Waals surface area contributed by atoms with Crippen molar-refractivity contribution in [2.45, 2.75) is 65.8 Å². The summed E-state index contributed by atoms with van der Waals surface area (Å²) < 4.78 is 35.2. The Balaban J connectivity index is 1.65. The van der Waals surface area contributed by atoms with Crippen molar-refractivity contribution in [2.75, 3.05) is 13.7 Å². The van der Waals surface area contributed by atoms with Crippen LogP contribution in [0.15, 0.2) is 41.0 Å². The predicted molar refractivity (Wildman–Crippen MR) is 134 cm³/mol. The fourth-order valence-corrected chi connectivity index (χ4v) is 4.05. The highest BCUT2D eigenvalue weighted by Crippen LogP contribution is 2.37. The van der Waals surface area contributed by atoms with Crippen LogP contribution in [0.25, 0.3) is 11.0 Å². The summed E-state index contributed by atoms with van der Waals surface area (Å²) in [4.78, 5) is 12.1. The van der Waals surface area contributed by atoms with Gasteiger partial charge in [0, 0.05) is 22.5 Å². The molecule has 186 valence electrons. The van der Waals surface area contributed by atoms with Gasteiger partial charge in [-0.05, 0) is 64.8 Å². The van der Waals surface area contributed by atoms with Crippen LogP contribution in [0.1, 0.15) is 51.3 Å². The topological polar surface area (TPSA) is 76.4 Å². The fraction of sp³-hybridized carbons (Fsp3) is 0.444. The molecule has 1 aliphatic rings. The minimum absolute atomic E-state index is 0.117. The van der Waals surface area contributed by atoms with Gasteiger partial charge in [0.15, 0.2) is 0 Å². The lowest BCUT2D eigenvalue weighted by molar-refractivity contribution is -0.142. The van der Waals surface area contributed by atoms with E-state index in [9.17, 15) is 4.79 Å². The summed E-state index contributed by atoms with van der Waals surface area (Å²) in [6, 6.07) is 9.46. The first-order valence-corrected chi connectivity index (χ1v) is 11.9. The van der Waals surface area contributed by atoms with Crippen molar-refractivity contribution in [3.8, 4) is 11.5 Å². The molecular formula is C27H33BO7. The lowest BCUT2D eigenvalue weighted by Crippen LogP contribution is -2.41. The molecule has 1 aromatic heterocycles. The third kappa shape index (κ3) is 5.04. The second kappa shape index (κ2) is 9.59. The van der Waals surface area contributed by atoms with Crippen LogP contribution < -0.4 is 14.9 Å². The number of ether oxygens (including phenoxy) is 3. The number of methoxy groups -OCH3 is 1. The highest BCUT2D eigenvalue weighted by Gasteiger charge is 2.52. The van der Waals surface area contributed by atoms with E-state index in [0.717, 1.165) is 33.1 Å². The lowest BCUT2D eigenvalue weighted by atomic mass is 9.77. The molecule has 0 aliphatic carbocycles. The number of esters is 1. The molecule has 1 saturated heterocycles. The molecular weight excluding hydrogens is 447 g/mol. The number of aryl methyl sites for hydroxylation is 1. The number of carbonyl (C=O) groups excluding carboxylic acids is 1. The Kier molecular flexibility index (Phi) is 6.89.